The van der Waals surface area contributed by atoms with Crippen molar-refractivity contribution in [2.24, 2.45) is 0 Å². The van der Waals surface area contributed by atoms with E-state index < -0.39 is 0 Å². The number of halogens is 2. The Bertz CT molecular complexity index is 632. The Balaban J connectivity index is 1.98. The van der Waals surface area contributed by atoms with Gasteiger partial charge < -0.3 is 4.57 Å². The number of alkyl halides is 1. The Morgan fingerprint density at radius 2 is 2.00 bits per heavy atom. The van der Waals surface area contributed by atoms with E-state index in [-0.39, 0.29) is 5.38 Å². The number of likely N-dealkylation sites (tertiary alicyclic amines) is 1. The first kappa shape index (κ1) is 15.3. The summed E-state index contributed by atoms with van der Waals surface area (Å²) in [6, 6.07) is 6.74. The number of nitrogens with zero attached hydrogens (tertiary/aromatic N) is 3. The van der Waals surface area contributed by atoms with Gasteiger partial charge >= 0.3 is 0 Å². The number of aromatic nitrogens is 2. The minimum absolute atomic E-state index is 0.0815. The summed E-state index contributed by atoms with van der Waals surface area (Å²) in [7, 11) is 0. The highest BCUT2D eigenvalue weighted by atomic mass is 79.9. The van der Waals surface area contributed by atoms with Crippen molar-refractivity contribution in [3.63, 3.8) is 0 Å². The molecule has 2 unspecified atom stereocenters. The predicted octanol–water partition coefficient (Wildman–Crippen LogP) is 4.58. The van der Waals surface area contributed by atoms with Crippen LogP contribution in [0.1, 0.15) is 37.9 Å². The third kappa shape index (κ3) is 3.13. The number of hydrogen-bond donors (Lipinski definition) is 0. The van der Waals surface area contributed by atoms with Crippen LogP contribution < -0.4 is 0 Å². The van der Waals surface area contributed by atoms with E-state index in [1.807, 2.05) is 13.0 Å². The summed E-state index contributed by atoms with van der Waals surface area (Å²) in [6.07, 6.45) is 2.64. The lowest BCUT2D eigenvalue weighted by atomic mass is 10.2. The van der Waals surface area contributed by atoms with E-state index in [0.717, 1.165) is 27.9 Å². The van der Waals surface area contributed by atoms with Crippen molar-refractivity contribution in [2.45, 2.75) is 44.7 Å². The average molecular weight is 371 g/mol. The van der Waals surface area contributed by atoms with Crippen LogP contribution in [0.3, 0.4) is 0 Å². The normalized spacial score (nSPS) is 19.2. The molecule has 1 aromatic carbocycles. The first-order valence-electron chi connectivity index (χ1n) is 7.60. The Kier molecular flexibility index (Phi) is 4.57. The summed E-state index contributed by atoms with van der Waals surface area (Å²) in [4.78, 5) is 7.29. The Labute approximate surface area is 139 Å². The number of fused-ring (bicyclic) bond motifs is 1. The molecular weight excluding hydrogens is 350 g/mol. The van der Waals surface area contributed by atoms with Gasteiger partial charge in [-0.05, 0) is 58.0 Å². The van der Waals surface area contributed by atoms with Crippen molar-refractivity contribution < 1.29 is 0 Å². The number of benzene rings is 1. The van der Waals surface area contributed by atoms with Gasteiger partial charge in [-0.25, -0.2) is 4.98 Å². The van der Waals surface area contributed by atoms with E-state index in [2.05, 4.69) is 44.5 Å². The third-order valence-electron chi connectivity index (χ3n) is 4.31. The van der Waals surface area contributed by atoms with Crippen molar-refractivity contribution in [3.8, 4) is 0 Å². The van der Waals surface area contributed by atoms with Crippen LogP contribution in [0.25, 0.3) is 11.0 Å². The second-order valence-corrected chi connectivity index (χ2v) is 7.49. The molecule has 1 fully saturated rings. The highest BCUT2D eigenvalue weighted by Gasteiger charge is 2.22. The fourth-order valence-corrected chi connectivity index (χ4v) is 3.69. The Morgan fingerprint density at radius 3 is 2.67 bits per heavy atom. The molecule has 5 heteroatoms. The lowest BCUT2D eigenvalue weighted by Gasteiger charge is -2.25. The van der Waals surface area contributed by atoms with E-state index >= 15 is 0 Å². The van der Waals surface area contributed by atoms with Crippen LogP contribution in [0.4, 0.5) is 0 Å². The maximum atomic E-state index is 6.35. The topological polar surface area (TPSA) is 21.1 Å². The minimum Gasteiger partial charge on any atom is -0.325 e. The molecule has 3 rings (SSSR count). The molecule has 1 aliphatic heterocycles. The van der Waals surface area contributed by atoms with E-state index in [1.54, 1.807) is 0 Å². The zero-order chi connectivity index (χ0) is 15.0. The lowest BCUT2D eigenvalue weighted by Crippen LogP contribution is -2.34. The fraction of sp³-hybridized carbons (Fsp3) is 0.562. The maximum absolute atomic E-state index is 6.35. The average Bonchev–Trinajstić information content (AvgIpc) is 3.07. The van der Waals surface area contributed by atoms with Gasteiger partial charge in [-0.2, -0.15) is 0 Å². The van der Waals surface area contributed by atoms with Gasteiger partial charge in [-0.3, -0.25) is 4.90 Å². The summed E-state index contributed by atoms with van der Waals surface area (Å²) in [5, 5.41) is -0.0815. The van der Waals surface area contributed by atoms with E-state index in [9.17, 15) is 0 Å². The zero-order valence-corrected chi connectivity index (χ0v) is 14.9. The Hall–Kier alpha value is -0.580. The van der Waals surface area contributed by atoms with Gasteiger partial charge in [0.1, 0.15) is 5.82 Å². The third-order valence-corrected chi connectivity index (χ3v) is 4.99. The molecule has 0 radical (unpaired) electrons. The molecule has 0 amide bonds. The van der Waals surface area contributed by atoms with Crippen molar-refractivity contribution in [1.82, 2.24) is 14.5 Å². The minimum atomic E-state index is -0.0815. The monoisotopic (exact) mass is 369 g/mol. The zero-order valence-electron chi connectivity index (χ0n) is 12.5. The van der Waals surface area contributed by atoms with Crippen LogP contribution in [-0.2, 0) is 6.54 Å². The van der Waals surface area contributed by atoms with E-state index in [1.165, 1.54) is 25.9 Å². The number of hydrogen-bond acceptors (Lipinski definition) is 2. The molecule has 1 aromatic heterocycles. The van der Waals surface area contributed by atoms with Crippen molar-refractivity contribution in [3.05, 3.63) is 28.5 Å². The van der Waals surface area contributed by atoms with Gasteiger partial charge in [0.15, 0.2) is 0 Å². The Morgan fingerprint density at radius 1 is 1.29 bits per heavy atom. The second kappa shape index (κ2) is 6.27. The molecule has 114 valence electrons. The largest absolute Gasteiger partial charge is 0.325 e. The molecule has 2 aromatic rings. The van der Waals surface area contributed by atoms with Crippen molar-refractivity contribution >= 4 is 38.6 Å². The molecule has 2 heterocycles. The van der Waals surface area contributed by atoms with Crippen molar-refractivity contribution in [2.75, 3.05) is 13.1 Å². The van der Waals surface area contributed by atoms with Crippen molar-refractivity contribution in [1.29, 1.82) is 0 Å². The summed E-state index contributed by atoms with van der Waals surface area (Å²) in [5.41, 5.74) is 2.19. The van der Waals surface area contributed by atoms with Crippen LogP contribution in [0.2, 0.25) is 0 Å². The quantitative estimate of drug-likeness (QED) is 0.734. The van der Waals surface area contributed by atoms with Gasteiger partial charge in [0, 0.05) is 17.1 Å². The molecule has 21 heavy (non-hydrogen) atoms. The highest BCUT2D eigenvalue weighted by molar-refractivity contribution is 9.10. The van der Waals surface area contributed by atoms with Gasteiger partial charge in [0.25, 0.3) is 0 Å². The molecular formula is C16H21BrClN3. The number of imidazole rings is 1. The summed E-state index contributed by atoms with van der Waals surface area (Å²) in [5.74, 6) is 0.968. The molecule has 0 bridgehead atoms. The first-order chi connectivity index (χ1) is 10.1. The fourth-order valence-electron chi connectivity index (χ4n) is 3.17. The van der Waals surface area contributed by atoms with Gasteiger partial charge in [0.05, 0.1) is 16.4 Å². The molecule has 0 N–H and O–H groups in total. The van der Waals surface area contributed by atoms with Crippen LogP contribution in [0, 0.1) is 0 Å². The SMILES string of the molecule is CC(Cl)c1nc2ccc(Br)cc2n1CC(C)N1CCCC1. The predicted molar refractivity (Wildman–Crippen MR) is 92.0 cm³/mol. The highest BCUT2D eigenvalue weighted by Crippen LogP contribution is 2.27. The molecule has 0 aliphatic carbocycles. The van der Waals surface area contributed by atoms with Crippen LogP contribution in [0.5, 0.6) is 0 Å². The lowest BCUT2D eigenvalue weighted by molar-refractivity contribution is 0.236. The van der Waals surface area contributed by atoms with Crippen LogP contribution in [0.15, 0.2) is 22.7 Å². The second-order valence-electron chi connectivity index (χ2n) is 5.92. The summed E-state index contributed by atoms with van der Waals surface area (Å²) < 4.78 is 3.37. The van der Waals surface area contributed by atoms with Gasteiger partial charge in [-0.15, -0.1) is 11.6 Å². The first-order valence-corrected chi connectivity index (χ1v) is 8.83. The van der Waals surface area contributed by atoms with Gasteiger partial charge in [-0.1, -0.05) is 15.9 Å². The van der Waals surface area contributed by atoms with E-state index in [0.29, 0.717) is 6.04 Å². The standard InChI is InChI=1S/C16H21BrClN3/c1-11(20-7-3-4-8-20)10-21-15-9-13(17)5-6-14(15)19-16(21)12(2)18/h5-6,9,11-12H,3-4,7-8,10H2,1-2H3. The summed E-state index contributed by atoms with van der Waals surface area (Å²) in [6.45, 7) is 7.67. The summed E-state index contributed by atoms with van der Waals surface area (Å²) >= 11 is 9.91. The van der Waals surface area contributed by atoms with Crippen LogP contribution >= 0.6 is 27.5 Å². The smallest absolute Gasteiger partial charge is 0.127 e. The molecule has 0 saturated carbocycles. The van der Waals surface area contributed by atoms with E-state index in [4.69, 9.17) is 16.6 Å². The molecule has 3 nitrogen and oxygen atoms in total. The molecule has 0 spiro atoms. The molecule has 2 atom stereocenters. The van der Waals surface area contributed by atoms with Crippen LogP contribution in [-0.4, -0.2) is 33.6 Å². The maximum Gasteiger partial charge on any atom is 0.127 e. The molecule has 1 aliphatic rings. The molecule has 1 saturated heterocycles. The van der Waals surface area contributed by atoms with Gasteiger partial charge in [0.2, 0.25) is 0 Å². The number of rotatable bonds is 4.